The summed E-state index contributed by atoms with van der Waals surface area (Å²) >= 11 is 0. The third kappa shape index (κ3) is 4.59. The molecular weight excluding hydrogens is 437 g/mol. The van der Waals surface area contributed by atoms with Crippen molar-refractivity contribution in [3.05, 3.63) is 65.4 Å². The number of hydrogen-bond acceptors (Lipinski definition) is 5. The second-order valence-electron chi connectivity index (χ2n) is 7.78. The van der Waals surface area contributed by atoms with Crippen LogP contribution in [-0.2, 0) is 0 Å². The number of carbonyl (C=O) groups is 1. The summed E-state index contributed by atoms with van der Waals surface area (Å²) in [6, 6.07) is 11.0. The lowest BCUT2D eigenvalue weighted by atomic mass is 9.96. The Morgan fingerprint density at radius 1 is 1.12 bits per heavy atom. The Kier molecular flexibility index (Phi) is 5.92. The average molecular weight is 460 g/mol. The molecule has 2 atom stereocenters. The molecule has 1 aliphatic rings. The van der Waals surface area contributed by atoms with E-state index in [1.165, 1.54) is 20.3 Å². The van der Waals surface area contributed by atoms with E-state index < -0.39 is 24.2 Å². The van der Waals surface area contributed by atoms with Crippen molar-refractivity contribution in [1.82, 2.24) is 9.78 Å². The first kappa shape index (κ1) is 22.5. The first-order valence-electron chi connectivity index (χ1n) is 10.2. The van der Waals surface area contributed by atoms with Gasteiger partial charge in [-0.3, -0.25) is 4.79 Å². The minimum atomic E-state index is -4.53. The smallest absolute Gasteiger partial charge is 0.410 e. The zero-order valence-corrected chi connectivity index (χ0v) is 18.2. The first-order valence-corrected chi connectivity index (χ1v) is 10.2. The van der Waals surface area contributed by atoms with E-state index in [0.717, 1.165) is 15.8 Å². The Morgan fingerprint density at radius 3 is 2.48 bits per heavy atom. The number of halogens is 3. The molecule has 174 valence electrons. The summed E-state index contributed by atoms with van der Waals surface area (Å²) in [5, 5.41) is 9.71. The maximum Gasteiger partial charge on any atom is 0.410 e. The molecule has 0 fully saturated rings. The summed E-state index contributed by atoms with van der Waals surface area (Å²) < 4.78 is 52.9. The second-order valence-corrected chi connectivity index (χ2v) is 7.78. The number of benzene rings is 2. The van der Waals surface area contributed by atoms with Gasteiger partial charge >= 0.3 is 6.18 Å². The summed E-state index contributed by atoms with van der Waals surface area (Å²) in [6.45, 7) is 1.91. The van der Waals surface area contributed by atoms with Gasteiger partial charge in [-0.25, -0.2) is 4.68 Å². The summed E-state index contributed by atoms with van der Waals surface area (Å²) in [5.41, 5.74) is 1.94. The molecule has 1 aliphatic heterocycles. The van der Waals surface area contributed by atoms with Gasteiger partial charge in [0.15, 0.2) is 11.7 Å². The highest BCUT2D eigenvalue weighted by atomic mass is 19.4. The lowest BCUT2D eigenvalue weighted by Gasteiger charge is -2.33. The third-order valence-electron chi connectivity index (χ3n) is 5.56. The van der Waals surface area contributed by atoms with E-state index in [1.54, 1.807) is 30.3 Å². The number of nitrogens with zero attached hydrogens (tertiary/aromatic N) is 2. The molecule has 1 amide bonds. The molecule has 0 aliphatic carbocycles. The molecule has 0 saturated carbocycles. The van der Waals surface area contributed by atoms with Gasteiger partial charge in [0, 0.05) is 18.6 Å². The molecule has 2 N–H and O–H groups in total. The van der Waals surface area contributed by atoms with E-state index in [0.29, 0.717) is 17.2 Å². The number of amides is 1. The zero-order chi connectivity index (χ0) is 23.8. The Bertz CT molecular complexity index is 1160. The van der Waals surface area contributed by atoms with Crippen molar-refractivity contribution < 1.29 is 27.4 Å². The Labute approximate surface area is 188 Å². The van der Waals surface area contributed by atoms with Gasteiger partial charge in [0.1, 0.15) is 17.3 Å². The predicted octanol–water partition coefficient (Wildman–Crippen LogP) is 5.12. The number of methoxy groups -OCH3 is 2. The van der Waals surface area contributed by atoms with Crippen molar-refractivity contribution in [1.29, 1.82) is 0 Å². The van der Waals surface area contributed by atoms with Gasteiger partial charge in [-0.05, 0) is 24.6 Å². The highest BCUT2D eigenvalue weighted by Gasteiger charge is 2.46. The van der Waals surface area contributed by atoms with E-state index >= 15 is 0 Å². The molecule has 2 aromatic carbocycles. The van der Waals surface area contributed by atoms with Crippen molar-refractivity contribution in [3.8, 4) is 11.5 Å². The highest BCUT2D eigenvalue weighted by Crippen LogP contribution is 2.43. The number of hydrogen-bond donors (Lipinski definition) is 2. The number of aromatic nitrogens is 2. The molecule has 0 radical (unpaired) electrons. The van der Waals surface area contributed by atoms with Crippen LogP contribution in [0.4, 0.5) is 24.7 Å². The summed E-state index contributed by atoms with van der Waals surface area (Å²) in [6.07, 6.45) is -4.77. The minimum Gasteiger partial charge on any atom is -0.497 e. The fourth-order valence-electron chi connectivity index (χ4n) is 3.79. The Balaban J connectivity index is 1.63. The Hall–Kier alpha value is -3.69. The van der Waals surface area contributed by atoms with Crippen LogP contribution in [0.15, 0.2) is 48.5 Å². The number of nitrogens with one attached hydrogen (secondary N) is 2. The number of rotatable bonds is 5. The number of alkyl halides is 3. The zero-order valence-electron chi connectivity index (χ0n) is 18.2. The van der Waals surface area contributed by atoms with Crippen LogP contribution in [0, 0.1) is 6.92 Å². The van der Waals surface area contributed by atoms with Crippen LogP contribution >= 0.6 is 0 Å². The molecule has 0 unspecified atom stereocenters. The molecule has 10 heteroatoms. The van der Waals surface area contributed by atoms with Crippen LogP contribution in [-0.4, -0.2) is 36.1 Å². The maximum absolute atomic E-state index is 13.9. The Morgan fingerprint density at radius 2 is 1.85 bits per heavy atom. The SMILES string of the molecule is COc1ccc(NC(=O)c2cc3n(n2)[C@@H](C(F)(F)F)C[C@@H](c2ccc(C)cc2)N3)c(OC)c1. The number of carbonyl (C=O) groups excluding carboxylic acids is 1. The molecule has 1 aromatic heterocycles. The summed E-state index contributed by atoms with van der Waals surface area (Å²) in [7, 11) is 2.93. The van der Waals surface area contributed by atoms with Gasteiger partial charge in [-0.1, -0.05) is 29.8 Å². The summed E-state index contributed by atoms with van der Waals surface area (Å²) in [5.74, 6) is 0.343. The standard InChI is InChI=1S/C23H23F3N4O3/c1-13-4-6-14(7-5-13)17-11-20(23(24,25)26)30-21(27-17)12-18(29-30)22(31)28-16-9-8-15(32-2)10-19(16)33-3/h4-10,12,17,20,27H,11H2,1-3H3,(H,28,31)/t17-,20+/m0/s1. The van der Waals surface area contributed by atoms with Crippen molar-refractivity contribution in [2.45, 2.75) is 31.6 Å². The molecule has 2 heterocycles. The van der Waals surface area contributed by atoms with Crippen molar-refractivity contribution in [3.63, 3.8) is 0 Å². The van der Waals surface area contributed by atoms with E-state index in [9.17, 15) is 18.0 Å². The van der Waals surface area contributed by atoms with Crippen molar-refractivity contribution in [2.24, 2.45) is 0 Å². The van der Waals surface area contributed by atoms with E-state index in [1.807, 2.05) is 19.1 Å². The molecule has 0 saturated heterocycles. The van der Waals surface area contributed by atoms with Crippen molar-refractivity contribution in [2.75, 3.05) is 24.9 Å². The number of anilines is 2. The van der Waals surface area contributed by atoms with E-state index in [-0.39, 0.29) is 17.9 Å². The number of aryl methyl sites for hydroxylation is 1. The van der Waals surface area contributed by atoms with Gasteiger partial charge in [0.05, 0.1) is 25.9 Å². The van der Waals surface area contributed by atoms with Crippen LogP contribution in [0.2, 0.25) is 0 Å². The largest absolute Gasteiger partial charge is 0.497 e. The number of ether oxygens (including phenoxy) is 2. The monoisotopic (exact) mass is 460 g/mol. The maximum atomic E-state index is 13.9. The predicted molar refractivity (Wildman–Crippen MR) is 117 cm³/mol. The molecule has 0 bridgehead atoms. The molecule has 4 rings (SSSR count). The summed E-state index contributed by atoms with van der Waals surface area (Å²) in [4.78, 5) is 12.8. The molecule has 0 spiro atoms. The van der Waals surface area contributed by atoms with Gasteiger partial charge < -0.3 is 20.1 Å². The topological polar surface area (TPSA) is 77.4 Å². The van der Waals surface area contributed by atoms with Gasteiger partial charge in [-0.15, -0.1) is 0 Å². The highest BCUT2D eigenvalue weighted by molar-refractivity contribution is 6.04. The second kappa shape index (κ2) is 8.68. The first-order chi connectivity index (χ1) is 15.7. The molecule has 33 heavy (non-hydrogen) atoms. The van der Waals surface area contributed by atoms with Crippen LogP contribution in [0.3, 0.4) is 0 Å². The molecule has 3 aromatic rings. The van der Waals surface area contributed by atoms with Crippen LogP contribution < -0.4 is 20.1 Å². The van der Waals surface area contributed by atoms with Crippen molar-refractivity contribution >= 4 is 17.4 Å². The molecular formula is C23H23F3N4O3. The quantitative estimate of drug-likeness (QED) is 0.553. The lowest BCUT2D eigenvalue weighted by Crippen LogP contribution is -2.35. The fraction of sp³-hybridized carbons (Fsp3) is 0.304. The van der Waals surface area contributed by atoms with E-state index in [2.05, 4.69) is 15.7 Å². The number of fused-ring (bicyclic) bond motifs is 1. The minimum absolute atomic E-state index is 0.126. The normalized spacial score (nSPS) is 17.6. The van der Waals surface area contributed by atoms with Gasteiger partial charge in [0.25, 0.3) is 5.91 Å². The average Bonchev–Trinajstić information content (AvgIpc) is 3.22. The van der Waals surface area contributed by atoms with Crippen LogP contribution in [0.1, 0.15) is 40.1 Å². The van der Waals surface area contributed by atoms with Gasteiger partial charge in [0.2, 0.25) is 0 Å². The fourth-order valence-corrected chi connectivity index (χ4v) is 3.79. The van der Waals surface area contributed by atoms with Gasteiger partial charge in [-0.2, -0.15) is 18.3 Å². The molecule has 7 nitrogen and oxygen atoms in total. The van der Waals surface area contributed by atoms with Crippen LogP contribution in [0.25, 0.3) is 0 Å². The lowest BCUT2D eigenvalue weighted by molar-refractivity contribution is -0.173. The van der Waals surface area contributed by atoms with Crippen LogP contribution in [0.5, 0.6) is 11.5 Å². The third-order valence-corrected chi connectivity index (χ3v) is 5.56. The van der Waals surface area contributed by atoms with E-state index in [4.69, 9.17) is 9.47 Å².